The highest BCUT2D eigenvalue weighted by Crippen LogP contribution is 2.34. The van der Waals surface area contributed by atoms with E-state index in [0.717, 1.165) is 44.7 Å². The number of rotatable bonds is 2. The van der Waals surface area contributed by atoms with Crippen LogP contribution in [0, 0.1) is 0 Å². The Morgan fingerprint density at radius 3 is 2.26 bits per heavy atom. The Kier molecular flexibility index (Phi) is 3.73. The van der Waals surface area contributed by atoms with E-state index >= 15 is 0 Å². The second-order valence-electron chi connectivity index (χ2n) is 6.02. The second-order valence-corrected chi connectivity index (χ2v) is 6.02. The molecule has 0 aromatic carbocycles. The lowest BCUT2D eigenvalue weighted by Crippen LogP contribution is -2.39. The summed E-state index contributed by atoms with van der Waals surface area (Å²) in [5.41, 5.74) is 6.06. The van der Waals surface area contributed by atoms with Crippen molar-refractivity contribution in [2.45, 2.75) is 63.3 Å². The maximum absolute atomic E-state index is 6.44. The first-order valence-corrected chi connectivity index (χ1v) is 7.66. The molecule has 0 bridgehead atoms. The summed E-state index contributed by atoms with van der Waals surface area (Å²) >= 11 is 0. The molecule has 0 atom stereocenters. The highest BCUT2D eigenvalue weighted by atomic mass is 16.5. The molecule has 0 amide bonds. The monoisotopic (exact) mass is 264 g/mol. The molecule has 2 aliphatic rings. The van der Waals surface area contributed by atoms with Gasteiger partial charge < -0.3 is 15.2 Å². The molecule has 1 saturated carbocycles. The van der Waals surface area contributed by atoms with E-state index in [9.17, 15) is 0 Å². The third-order valence-corrected chi connectivity index (χ3v) is 4.48. The van der Waals surface area contributed by atoms with Crippen LogP contribution in [0.3, 0.4) is 0 Å². The van der Waals surface area contributed by atoms with Crippen molar-refractivity contribution in [2.75, 3.05) is 18.0 Å². The van der Waals surface area contributed by atoms with E-state index in [0.29, 0.717) is 5.89 Å². The zero-order chi connectivity index (χ0) is 13.1. The van der Waals surface area contributed by atoms with Crippen molar-refractivity contribution in [2.24, 2.45) is 5.73 Å². The lowest BCUT2D eigenvalue weighted by Gasteiger charge is -2.29. The zero-order valence-electron chi connectivity index (χ0n) is 11.6. The fourth-order valence-corrected chi connectivity index (χ4v) is 3.21. The number of nitrogens with zero attached hydrogens (tertiary/aromatic N) is 3. The summed E-state index contributed by atoms with van der Waals surface area (Å²) < 4.78 is 5.47. The van der Waals surface area contributed by atoms with E-state index in [4.69, 9.17) is 10.3 Å². The molecule has 5 nitrogen and oxygen atoms in total. The van der Waals surface area contributed by atoms with Crippen LogP contribution in [0.25, 0.3) is 0 Å². The summed E-state index contributed by atoms with van der Waals surface area (Å²) in [7, 11) is 0. The Hall–Kier alpha value is -1.10. The minimum absolute atomic E-state index is 0.380. The first kappa shape index (κ1) is 12.9. The van der Waals surface area contributed by atoms with E-state index < -0.39 is 0 Å². The summed E-state index contributed by atoms with van der Waals surface area (Å²) in [6.07, 6.45) is 10.6. The molecule has 1 aliphatic heterocycles. The van der Waals surface area contributed by atoms with Gasteiger partial charge in [0, 0.05) is 13.1 Å². The van der Waals surface area contributed by atoms with Crippen LogP contribution >= 0.6 is 0 Å². The van der Waals surface area contributed by atoms with Crippen LogP contribution in [0.15, 0.2) is 4.52 Å². The molecule has 5 heteroatoms. The molecule has 1 aliphatic carbocycles. The van der Waals surface area contributed by atoms with Gasteiger partial charge in [0.05, 0.1) is 5.54 Å². The van der Waals surface area contributed by atoms with Crippen molar-refractivity contribution in [1.82, 2.24) is 10.1 Å². The molecule has 3 rings (SSSR count). The molecule has 2 heterocycles. The normalized spacial score (nSPS) is 24.2. The Bertz CT molecular complexity index is 403. The Labute approximate surface area is 114 Å². The predicted molar refractivity (Wildman–Crippen MR) is 73.9 cm³/mol. The van der Waals surface area contributed by atoms with Gasteiger partial charge in [-0.15, -0.1) is 0 Å². The van der Waals surface area contributed by atoms with Crippen molar-refractivity contribution < 1.29 is 4.52 Å². The van der Waals surface area contributed by atoms with Crippen LogP contribution in [-0.2, 0) is 5.54 Å². The zero-order valence-corrected chi connectivity index (χ0v) is 11.6. The number of hydrogen-bond acceptors (Lipinski definition) is 5. The maximum Gasteiger partial charge on any atom is 0.266 e. The van der Waals surface area contributed by atoms with Gasteiger partial charge in [-0.05, 0) is 30.8 Å². The van der Waals surface area contributed by atoms with Gasteiger partial charge >= 0.3 is 0 Å². The van der Waals surface area contributed by atoms with Gasteiger partial charge in [0.2, 0.25) is 5.89 Å². The average molecular weight is 264 g/mol. The molecule has 1 aromatic rings. The van der Waals surface area contributed by atoms with Gasteiger partial charge in [0.1, 0.15) is 0 Å². The van der Waals surface area contributed by atoms with E-state index in [-0.39, 0.29) is 5.54 Å². The van der Waals surface area contributed by atoms with E-state index in [2.05, 4.69) is 15.0 Å². The summed E-state index contributed by atoms with van der Waals surface area (Å²) in [5.74, 6) is 1.39. The van der Waals surface area contributed by atoms with Crippen molar-refractivity contribution >= 4 is 5.95 Å². The summed E-state index contributed by atoms with van der Waals surface area (Å²) in [5, 5.41) is 4.16. The van der Waals surface area contributed by atoms with E-state index in [1.54, 1.807) is 0 Å². The number of hydrogen-bond donors (Lipinski definition) is 1. The SMILES string of the molecule is NC1(c2nc(N3CCCCCC3)no2)CCCCC1. The number of aromatic nitrogens is 2. The van der Waals surface area contributed by atoms with Crippen LogP contribution in [0.1, 0.15) is 63.7 Å². The third-order valence-electron chi connectivity index (χ3n) is 4.48. The Morgan fingerprint density at radius 1 is 0.947 bits per heavy atom. The molecule has 1 saturated heterocycles. The van der Waals surface area contributed by atoms with Crippen LogP contribution in [0.4, 0.5) is 5.95 Å². The molecule has 0 radical (unpaired) electrons. The minimum atomic E-state index is -0.380. The topological polar surface area (TPSA) is 68.2 Å². The highest BCUT2D eigenvalue weighted by molar-refractivity contribution is 5.28. The fourth-order valence-electron chi connectivity index (χ4n) is 3.21. The van der Waals surface area contributed by atoms with Crippen molar-refractivity contribution in [3.05, 3.63) is 5.89 Å². The molecule has 1 aromatic heterocycles. The van der Waals surface area contributed by atoms with Gasteiger partial charge in [-0.25, -0.2) is 0 Å². The second kappa shape index (κ2) is 5.49. The van der Waals surface area contributed by atoms with Gasteiger partial charge in [-0.3, -0.25) is 0 Å². The number of anilines is 1. The Balaban J connectivity index is 1.74. The van der Waals surface area contributed by atoms with Gasteiger partial charge in [-0.2, -0.15) is 4.98 Å². The van der Waals surface area contributed by atoms with Crippen LogP contribution in [0.2, 0.25) is 0 Å². The van der Waals surface area contributed by atoms with E-state index in [1.165, 1.54) is 32.1 Å². The molecule has 2 fully saturated rings. The average Bonchev–Trinajstić information content (AvgIpc) is 2.77. The van der Waals surface area contributed by atoms with Crippen LogP contribution in [0.5, 0.6) is 0 Å². The fraction of sp³-hybridized carbons (Fsp3) is 0.857. The molecular formula is C14H24N4O. The lowest BCUT2D eigenvalue weighted by atomic mass is 9.82. The molecule has 0 unspecified atom stereocenters. The van der Waals surface area contributed by atoms with Gasteiger partial charge in [0.15, 0.2) is 0 Å². The lowest BCUT2D eigenvalue weighted by molar-refractivity contribution is 0.220. The molecular weight excluding hydrogens is 240 g/mol. The molecule has 19 heavy (non-hydrogen) atoms. The van der Waals surface area contributed by atoms with Gasteiger partial charge in [-0.1, -0.05) is 32.1 Å². The first-order chi connectivity index (χ1) is 9.28. The summed E-state index contributed by atoms with van der Waals surface area (Å²) in [6.45, 7) is 2.08. The quantitative estimate of drug-likeness (QED) is 0.889. The largest absolute Gasteiger partial charge is 0.338 e. The van der Waals surface area contributed by atoms with Crippen molar-refractivity contribution in [1.29, 1.82) is 0 Å². The highest BCUT2D eigenvalue weighted by Gasteiger charge is 2.35. The maximum atomic E-state index is 6.44. The molecule has 2 N–H and O–H groups in total. The standard InChI is InChI=1S/C14H24N4O/c15-14(8-4-3-5-9-14)12-16-13(17-19-12)18-10-6-1-2-7-11-18/h1-11,15H2. The number of nitrogens with two attached hydrogens (primary N) is 1. The van der Waals surface area contributed by atoms with Crippen LogP contribution in [-0.4, -0.2) is 23.2 Å². The Morgan fingerprint density at radius 2 is 1.58 bits per heavy atom. The summed E-state index contributed by atoms with van der Waals surface area (Å²) in [6, 6.07) is 0. The minimum Gasteiger partial charge on any atom is -0.338 e. The van der Waals surface area contributed by atoms with Crippen molar-refractivity contribution in [3.63, 3.8) is 0 Å². The molecule has 0 spiro atoms. The molecule has 106 valence electrons. The third kappa shape index (κ3) is 2.76. The first-order valence-electron chi connectivity index (χ1n) is 7.66. The van der Waals surface area contributed by atoms with Crippen LogP contribution < -0.4 is 10.6 Å². The smallest absolute Gasteiger partial charge is 0.266 e. The summed E-state index contributed by atoms with van der Waals surface area (Å²) in [4.78, 5) is 6.84. The predicted octanol–water partition coefficient (Wildman–Crippen LogP) is 2.57. The van der Waals surface area contributed by atoms with E-state index in [1.807, 2.05) is 0 Å². The van der Waals surface area contributed by atoms with Gasteiger partial charge in [0.25, 0.3) is 5.95 Å². The van der Waals surface area contributed by atoms with Crippen molar-refractivity contribution in [3.8, 4) is 0 Å².